The molecule has 1 aliphatic heterocycles. The molecule has 76 valence electrons. The van der Waals surface area contributed by atoms with Crippen LogP contribution in [0.5, 0.6) is 0 Å². The van der Waals surface area contributed by atoms with Crippen molar-refractivity contribution >= 4 is 5.91 Å². The molecule has 0 aromatic rings. The molecule has 0 aromatic carbocycles. The number of carbonyl (C=O) groups excluding carboxylic acids is 1. The number of nitrogens with zero attached hydrogens (tertiary/aromatic N) is 1. The Bertz CT molecular complexity index is 182. The van der Waals surface area contributed by atoms with E-state index in [4.69, 9.17) is 5.73 Å². The topological polar surface area (TPSA) is 46.3 Å². The molecule has 0 aliphatic carbocycles. The highest BCUT2D eigenvalue weighted by Gasteiger charge is 2.23. The summed E-state index contributed by atoms with van der Waals surface area (Å²) in [6.07, 6.45) is 3.11. The van der Waals surface area contributed by atoms with Crippen molar-refractivity contribution in [3.05, 3.63) is 0 Å². The highest BCUT2D eigenvalue weighted by Crippen LogP contribution is 2.16. The molecule has 13 heavy (non-hydrogen) atoms. The molecule has 1 fully saturated rings. The Labute approximate surface area is 80.3 Å². The van der Waals surface area contributed by atoms with E-state index in [0.717, 1.165) is 25.9 Å². The Morgan fingerprint density at radius 3 is 2.92 bits per heavy atom. The SMILES string of the molecule is CC[C@H](N)C(=O)N1CCC[C@H](C)C1. The van der Waals surface area contributed by atoms with Gasteiger partial charge in [-0.15, -0.1) is 0 Å². The Balaban J connectivity index is 2.46. The van der Waals surface area contributed by atoms with Crippen LogP contribution >= 0.6 is 0 Å². The third kappa shape index (κ3) is 2.69. The Kier molecular flexibility index (Phi) is 3.72. The number of hydrogen-bond donors (Lipinski definition) is 1. The summed E-state index contributed by atoms with van der Waals surface area (Å²) in [4.78, 5) is 13.6. The van der Waals surface area contributed by atoms with E-state index in [1.54, 1.807) is 0 Å². The summed E-state index contributed by atoms with van der Waals surface area (Å²) in [5.41, 5.74) is 5.70. The van der Waals surface area contributed by atoms with Gasteiger partial charge in [0.2, 0.25) is 5.91 Å². The van der Waals surface area contributed by atoms with Crippen LogP contribution in [0.4, 0.5) is 0 Å². The van der Waals surface area contributed by atoms with Crippen LogP contribution in [0.15, 0.2) is 0 Å². The zero-order valence-electron chi connectivity index (χ0n) is 8.62. The first-order valence-corrected chi connectivity index (χ1v) is 5.19. The molecule has 1 aliphatic rings. The first-order chi connectivity index (χ1) is 6.15. The van der Waals surface area contributed by atoms with Gasteiger partial charge in [0.15, 0.2) is 0 Å². The van der Waals surface area contributed by atoms with Crippen molar-refractivity contribution in [2.75, 3.05) is 13.1 Å². The van der Waals surface area contributed by atoms with Gasteiger partial charge >= 0.3 is 0 Å². The van der Waals surface area contributed by atoms with E-state index in [1.165, 1.54) is 6.42 Å². The van der Waals surface area contributed by atoms with Crippen molar-refractivity contribution in [3.63, 3.8) is 0 Å². The van der Waals surface area contributed by atoms with Gasteiger partial charge in [0.1, 0.15) is 0 Å². The summed E-state index contributed by atoms with van der Waals surface area (Å²) >= 11 is 0. The van der Waals surface area contributed by atoms with Crippen LogP contribution < -0.4 is 5.73 Å². The molecule has 0 radical (unpaired) electrons. The van der Waals surface area contributed by atoms with E-state index in [2.05, 4.69) is 6.92 Å². The average molecular weight is 184 g/mol. The van der Waals surface area contributed by atoms with Gasteiger partial charge in [0, 0.05) is 13.1 Å². The second-order valence-electron chi connectivity index (χ2n) is 4.05. The minimum absolute atomic E-state index is 0.133. The quantitative estimate of drug-likeness (QED) is 0.695. The Hall–Kier alpha value is -0.570. The molecule has 0 spiro atoms. The third-order valence-electron chi connectivity index (χ3n) is 2.73. The van der Waals surface area contributed by atoms with Crippen LogP contribution in [0.25, 0.3) is 0 Å². The van der Waals surface area contributed by atoms with Crippen molar-refractivity contribution in [3.8, 4) is 0 Å². The fraction of sp³-hybridized carbons (Fsp3) is 0.900. The Morgan fingerprint density at radius 2 is 2.38 bits per heavy atom. The van der Waals surface area contributed by atoms with Crippen molar-refractivity contribution in [1.29, 1.82) is 0 Å². The van der Waals surface area contributed by atoms with E-state index in [-0.39, 0.29) is 11.9 Å². The number of piperidine rings is 1. The third-order valence-corrected chi connectivity index (χ3v) is 2.73. The Morgan fingerprint density at radius 1 is 1.69 bits per heavy atom. The van der Waals surface area contributed by atoms with Crippen molar-refractivity contribution in [2.45, 2.75) is 39.2 Å². The highest BCUT2D eigenvalue weighted by atomic mass is 16.2. The van der Waals surface area contributed by atoms with Crippen LogP contribution in [0, 0.1) is 5.92 Å². The molecule has 3 heteroatoms. The van der Waals surface area contributed by atoms with E-state index in [9.17, 15) is 4.79 Å². The molecule has 1 heterocycles. The normalized spacial score (nSPS) is 25.8. The van der Waals surface area contributed by atoms with Crippen molar-refractivity contribution in [2.24, 2.45) is 11.7 Å². The summed E-state index contributed by atoms with van der Waals surface area (Å²) in [5, 5.41) is 0. The smallest absolute Gasteiger partial charge is 0.239 e. The lowest BCUT2D eigenvalue weighted by atomic mass is 9.99. The molecule has 0 aromatic heterocycles. The number of likely N-dealkylation sites (tertiary alicyclic amines) is 1. The molecule has 1 amide bonds. The lowest BCUT2D eigenvalue weighted by Crippen LogP contribution is -2.47. The molecule has 3 nitrogen and oxygen atoms in total. The molecule has 0 bridgehead atoms. The summed E-state index contributed by atoms with van der Waals surface area (Å²) in [6, 6.07) is -0.287. The lowest BCUT2D eigenvalue weighted by molar-refractivity contribution is -0.134. The largest absolute Gasteiger partial charge is 0.341 e. The second-order valence-corrected chi connectivity index (χ2v) is 4.05. The number of hydrogen-bond acceptors (Lipinski definition) is 2. The van der Waals surface area contributed by atoms with Crippen LogP contribution in [0.2, 0.25) is 0 Å². The molecule has 2 atom stereocenters. The number of amides is 1. The summed E-state index contributed by atoms with van der Waals surface area (Å²) < 4.78 is 0. The molecule has 0 unspecified atom stereocenters. The number of carbonyl (C=O) groups is 1. The standard InChI is InChI=1S/C10H20N2O/c1-3-9(11)10(13)12-6-4-5-8(2)7-12/h8-9H,3-7,11H2,1-2H3/t8-,9-/m0/s1. The first-order valence-electron chi connectivity index (χ1n) is 5.19. The van der Waals surface area contributed by atoms with Crippen LogP contribution in [-0.4, -0.2) is 29.9 Å². The fourth-order valence-corrected chi connectivity index (χ4v) is 1.80. The lowest BCUT2D eigenvalue weighted by Gasteiger charge is -2.32. The van der Waals surface area contributed by atoms with Crippen molar-refractivity contribution in [1.82, 2.24) is 4.90 Å². The molecular weight excluding hydrogens is 164 g/mol. The average Bonchev–Trinajstić information content (AvgIpc) is 2.15. The second kappa shape index (κ2) is 4.61. The highest BCUT2D eigenvalue weighted by molar-refractivity contribution is 5.81. The zero-order chi connectivity index (χ0) is 9.84. The minimum atomic E-state index is -0.287. The van der Waals surface area contributed by atoms with E-state index < -0.39 is 0 Å². The van der Waals surface area contributed by atoms with E-state index >= 15 is 0 Å². The van der Waals surface area contributed by atoms with Gasteiger partial charge < -0.3 is 10.6 Å². The molecule has 0 saturated carbocycles. The predicted molar refractivity (Wildman–Crippen MR) is 53.2 cm³/mol. The summed E-state index contributed by atoms with van der Waals surface area (Å²) in [6.45, 7) is 5.94. The van der Waals surface area contributed by atoms with Crippen LogP contribution in [-0.2, 0) is 4.79 Å². The molecule has 1 rings (SSSR count). The van der Waals surface area contributed by atoms with E-state index in [0.29, 0.717) is 5.92 Å². The van der Waals surface area contributed by atoms with Crippen LogP contribution in [0.3, 0.4) is 0 Å². The maximum absolute atomic E-state index is 11.7. The monoisotopic (exact) mass is 184 g/mol. The minimum Gasteiger partial charge on any atom is -0.341 e. The van der Waals surface area contributed by atoms with Gasteiger partial charge in [-0.2, -0.15) is 0 Å². The molecule has 2 N–H and O–H groups in total. The first kappa shape index (κ1) is 10.5. The van der Waals surface area contributed by atoms with Gasteiger partial charge in [0.25, 0.3) is 0 Å². The van der Waals surface area contributed by atoms with Gasteiger partial charge in [-0.25, -0.2) is 0 Å². The van der Waals surface area contributed by atoms with Crippen molar-refractivity contribution < 1.29 is 4.79 Å². The van der Waals surface area contributed by atoms with Gasteiger partial charge in [-0.3, -0.25) is 4.79 Å². The fourth-order valence-electron chi connectivity index (χ4n) is 1.80. The maximum atomic E-state index is 11.7. The molecular formula is C10H20N2O. The summed E-state index contributed by atoms with van der Waals surface area (Å²) in [7, 11) is 0. The van der Waals surface area contributed by atoms with Gasteiger partial charge in [-0.1, -0.05) is 13.8 Å². The number of nitrogens with two attached hydrogens (primary N) is 1. The number of rotatable bonds is 2. The maximum Gasteiger partial charge on any atom is 0.239 e. The molecule has 1 saturated heterocycles. The zero-order valence-corrected chi connectivity index (χ0v) is 8.62. The van der Waals surface area contributed by atoms with Gasteiger partial charge in [0.05, 0.1) is 6.04 Å². The predicted octanol–water partition coefficient (Wildman–Crippen LogP) is 0.982. The van der Waals surface area contributed by atoms with E-state index in [1.807, 2.05) is 11.8 Å². The summed E-state index contributed by atoms with van der Waals surface area (Å²) in [5.74, 6) is 0.774. The van der Waals surface area contributed by atoms with Crippen LogP contribution in [0.1, 0.15) is 33.1 Å². The van der Waals surface area contributed by atoms with Gasteiger partial charge in [-0.05, 0) is 25.2 Å².